The number of fused-ring (bicyclic) bond motifs is 4. The monoisotopic (exact) mass is 678 g/mol. The predicted octanol–water partition coefficient (Wildman–Crippen LogP) is 12.9. The fourth-order valence-electron chi connectivity index (χ4n) is 7.66. The summed E-state index contributed by atoms with van der Waals surface area (Å²) in [7, 11) is 0. The van der Waals surface area contributed by atoms with Gasteiger partial charge in [0.1, 0.15) is 5.82 Å². The van der Waals surface area contributed by atoms with Crippen LogP contribution in [0.25, 0.3) is 66.7 Å². The van der Waals surface area contributed by atoms with Crippen molar-refractivity contribution in [2.45, 2.75) is 0 Å². The molecule has 0 fully saturated rings. The third-order valence-corrected chi connectivity index (χ3v) is 10.1. The normalized spacial score (nSPS) is 11.4. The number of imidazole rings is 1. The molecule has 0 unspecified atom stereocenters. The van der Waals surface area contributed by atoms with Crippen molar-refractivity contribution >= 4 is 49.9 Å². The molecule has 8 aromatic carbocycles. The first kappa shape index (κ1) is 30.6. The van der Waals surface area contributed by atoms with E-state index >= 15 is 0 Å². The van der Waals surface area contributed by atoms with Crippen molar-refractivity contribution in [3.8, 4) is 33.9 Å². The Morgan fingerprint density at radius 2 is 0.849 bits per heavy atom. The number of anilines is 3. The molecule has 10 aromatic rings. The van der Waals surface area contributed by atoms with E-state index in [1.54, 1.807) is 0 Å². The Kier molecular flexibility index (Phi) is 7.43. The van der Waals surface area contributed by atoms with Crippen LogP contribution >= 0.6 is 0 Å². The number of hydrogen-bond acceptors (Lipinski definition) is 2. The molecule has 10 rings (SSSR count). The molecule has 53 heavy (non-hydrogen) atoms. The van der Waals surface area contributed by atoms with E-state index in [9.17, 15) is 0 Å². The second kappa shape index (κ2) is 12.9. The molecule has 0 atom stereocenters. The molecular formula is C49H34N4. The van der Waals surface area contributed by atoms with Gasteiger partial charge in [-0.3, -0.25) is 4.57 Å². The molecule has 0 spiro atoms. The van der Waals surface area contributed by atoms with Crippen LogP contribution in [0, 0.1) is 0 Å². The molecule has 0 N–H and O–H groups in total. The van der Waals surface area contributed by atoms with Crippen LogP contribution in [-0.4, -0.2) is 14.1 Å². The van der Waals surface area contributed by atoms with Gasteiger partial charge >= 0.3 is 0 Å². The van der Waals surface area contributed by atoms with Gasteiger partial charge in [0.15, 0.2) is 0 Å². The van der Waals surface area contributed by atoms with Gasteiger partial charge in [0.25, 0.3) is 0 Å². The zero-order chi connectivity index (χ0) is 35.1. The molecular weight excluding hydrogens is 645 g/mol. The van der Waals surface area contributed by atoms with Crippen LogP contribution in [0.4, 0.5) is 17.1 Å². The van der Waals surface area contributed by atoms with Crippen molar-refractivity contribution < 1.29 is 0 Å². The molecule has 0 saturated heterocycles. The summed E-state index contributed by atoms with van der Waals surface area (Å²) in [5, 5.41) is 2.42. The third-order valence-electron chi connectivity index (χ3n) is 10.1. The lowest BCUT2D eigenvalue weighted by Gasteiger charge is -2.26. The van der Waals surface area contributed by atoms with E-state index in [-0.39, 0.29) is 0 Å². The third kappa shape index (κ3) is 5.36. The molecule has 0 amide bonds. The van der Waals surface area contributed by atoms with Crippen LogP contribution in [-0.2, 0) is 0 Å². The molecule has 0 saturated carbocycles. The molecule has 2 heterocycles. The molecule has 0 aliphatic heterocycles. The van der Waals surface area contributed by atoms with E-state index in [2.05, 4.69) is 208 Å². The van der Waals surface area contributed by atoms with Crippen LogP contribution in [0.1, 0.15) is 0 Å². The van der Waals surface area contributed by atoms with E-state index < -0.39 is 0 Å². The lowest BCUT2D eigenvalue weighted by atomic mass is 10.0. The van der Waals surface area contributed by atoms with Gasteiger partial charge in [0.2, 0.25) is 0 Å². The molecule has 0 radical (unpaired) electrons. The summed E-state index contributed by atoms with van der Waals surface area (Å²) in [6, 6.07) is 73.2. The van der Waals surface area contributed by atoms with Gasteiger partial charge < -0.3 is 9.47 Å². The van der Waals surface area contributed by atoms with Gasteiger partial charge in [-0.2, -0.15) is 0 Å². The van der Waals surface area contributed by atoms with Gasteiger partial charge in [0.05, 0.1) is 22.1 Å². The summed E-state index contributed by atoms with van der Waals surface area (Å²) in [5.74, 6) is 0.916. The molecule has 0 aliphatic carbocycles. The first-order chi connectivity index (χ1) is 26.3. The highest BCUT2D eigenvalue weighted by Crippen LogP contribution is 2.41. The fourth-order valence-corrected chi connectivity index (χ4v) is 7.66. The Bertz CT molecular complexity index is 2860. The number of nitrogens with zero attached hydrogens (tertiary/aromatic N) is 4. The first-order valence-electron chi connectivity index (χ1n) is 18.0. The van der Waals surface area contributed by atoms with Crippen LogP contribution in [0.15, 0.2) is 206 Å². The van der Waals surface area contributed by atoms with Gasteiger partial charge in [-0.1, -0.05) is 103 Å². The van der Waals surface area contributed by atoms with E-state index in [0.29, 0.717) is 0 Å². The lowest BCUT2D eigenvalue weighted by molar-refractivity contribution is 1.10. The average molecular weight is 679 g/mol. The zero-order valence-corrected chi connectivity index (χ0v) is 28.9. The van der Waals surface area contributed by atoms with Crippen LogP contribution in [0.3, 0.4) is 0 Å². The Morgan fingerprint density at radius 1 is 0.340 bits per heavy atom. The molecule has 4 heteroatoms. The molecule has 250 valence electrons. The summed E-state index contributed by atoms with van der Waals surface area (Å²) < 4.78 is 4.63. The Hall–Kier alpha value is -7.17. The first-order valence-corrected chi connectivity index (χ1v) is 18.0. The fraction of sp³-hybridized carbons (Fsp3) is 0. The highest BCUT2D eigenvalue weighted by atomic mass is 15.1. The van der Waals surface area contributed by atoms with Crippen molar-refractivity contribution in [2.75, 3.05) is 4.90 Å². The number of para-hydroxylation sites is 5. The summed E-state index contributed by atoms with van der Waals surface area (Å²) in [4.78, 5) is 7.46. The maximum atomic E-state index is 5.12. The quantitative estimate of drug-likeness (QED) is 0.168. The minimum Gasteiger partial charge on any atom is -0.310 e. The SMILES string of the molecule is c1ccc(-c2ccc3c(c2)c2cc(N(c4ccccc4)c4ccc(-c5nc6ccccc6n5-c5ccccc5)cc4)ccc2n3-c2ccccc2)cc1. The van der Waals surface area contributed by atoms with Crippen molar-refractivity contribution in [1.29, 1.82) is 0 Å². The Balaban J connectivity index is 1.14. The highest BCUT2D eigenvalue weighted by molar-refractivity contribution is 6.12. The second-order valence-corrected chi connectivity index (χ2v) is 13.3. The van der Waals surface area contributed by atoms with Crippen molar-refractivity contribution in [3.05, 3.63) is 206 Å². The molecule has 4 nitrogen and oxygen atoms in total. The number of benzene rings is 8. The van der Waals surface area contributed by atoms with Crippen LogP contribution in [0.5, 0.6) is 0 Å². The van der Waals surface area contributed by atoms with Crippen molar-refractivity contribution in [3.63, 3.8) is 0 Å². The standard InChI is InChI=1S/C49H34N4/c1-5-15-35(16-6-1)37-27-31-46-43(33-37)44-34-42(30-32-47(44)52(46)39-19-9-3-10-20-39)51(38-17-7-2-8-18-38)41-28-25-36(26-29-41)49-50-45-23-13-14-24-48(45)53(49)40-21-11-4-12-22-40/h1-34H. The minimum atomic E-state index is 0.916. The van der Waals surface area contributed by atoms with Crippen molar-refractivity contribution in [1.82, 2.24) is 14.1 Å². The van der Waals surface area contributed by atoms with E-state index in [1.165, 1.54) is 32.9 Å². The van der Waals surface area contributed by atoms with Crippen LogP contribution in [0.2, 0.25) is 0 Å². The van der Waals surface area contributed by atoms with Gasteiger partial charge in [0, 0.05) is 44.8 Å². The lowest BCUT2D eigenvalue weighted by Crippen LogP contribution is -2.09. The van der Waals surface area contributed by atoms with Gasteiger partial charge in [-0.25, -0.2) is 4.98 Å². The Morgan fingerprint density at radius 3 is 1.55 bits per heavy atom. The summed E-state index contributed by atoms with van der Waals surface area (Å²) in [6.07, 6.45) is 0. The largest absolute Gasteiger partial charge is 0.310 e. The molecule has 2 aromatic heterocycles. The smallest absolute Gasteiger partial charge is 0.145 e. The predicted molar refractivity (Wildman–Crippen MR) is 221 cm³/mol. The minimum absolute atomic E-state index is 0.916. The second-order valence-electron chi connectivity index (χ2n) is 13.3. The summed E-state index contributed by atoms with van der Waals surface area (Å²) >= 11 is 0. The van der Waals surface area contributed by atoms with Crippen molar-refractivity contribution in [2.24, 2.45) is 0 Å². The number of rotatable bonds is 7. The molecule has 0 bridgehead atoms. The van der Waals surface area contributed by atoms with E-state index in [4.69, 9.17) is 4.98 Å². The summed E-state index contributed by atoms with van der Waals surface area (Å²) in [5.41, 5.74) is 13.3. The number of hydrogen-bond donors (Lipinski definition) is 0. The average Bonchev–Trinajstić information content (AvgIpc) is 3.78. The summed E-state index contributed by atoms with van der Waals surface area (Å²) in [6.45, 7) is 0. The topological polar surface area (TPSA) is 26.0 Å². The molecule has 0 aliphatic rings. The van der Waals surface area contributed by atoms with E-state index in [1.807, 2.05) is 12.1 Å². The van der Waals surface area contributed by atoms with Gasteiger partial charge in [-0.15, -0.1) is 0 Å². The highest BCUT2D eigenvalue weighted by Gasteiger charge is 2.19. The van der Waals surface area contributed by atoms with Crippen LogP contribution < -0.4 is 4.90 Å². The van der Waals surface area contributed by atoms with Gasteiger partial charge in [-0.05, 0) is 114 Å². The number of aromatic nitrogens is 3. The maximum Gasteiger partial charge on any atom is 0.145 e. The maximum absolute atomic E-state index is 5.12. The Labute approximate surface area is 308 Å². The van der Waals surface area contributed by atoms with E-state index in [0.717, 1.165) is 50.9 Å². The zero-order valence-electron chi connectivity index (χ0n) is 28.9.